The third-order valence-electron chi connectivity index (χ3n) is 4.16. The van der Waals surface area contributed by atoms with E-state index >= 15 is 0 Å². The van der Waals surface area contributed by atoms with Crippen molar-refractivity contribution < 1.29 is 14.6 Å². The lowest BCUT2D eigenvalue weighted by atomic mass is 10.0. The van der Waals surface area contributed by atoms with Gasteiger partial charge in [-0.15, -0.1) is 0 Å². The van der Waals surface area contributed by atoms with Gasteiger partial charge in [0, 0.05) is 33.9 Å². The second-order valence-corrected chi connectivity index (χ2v) is 5.47. The molecule has 0 bridgehead atoms. The zero-order valence-electron chi connectivity index (χ0n) is 12.6. The van der Waals surface area contributed by atoms with Gasteiger partial charge in [0.05, 0.1) is 18.3 Å². The summed E-state index contributed by atoms with van der Waals surface area (Å²) in [4.78, 5) is 2.30. The minimum atomic E-state index is -0.404. The molecule has 1 N–H and O–H groups in total. The van der Waals surface area contributed by atoms with Crippen LogP contribution in [0.3, 0.4) is 0 Å². The Morgan fingerprint density at radius 1 is 1.20 bits per heavy atom. The molecule has 4 heteroatoms. The molecule has 1 aromatic carbocycles. The summed E-state index contributed by atoms with van der Waals surface area (Å²) in [5, 5.41) is 10.3. The highest BCUT2D eigenvalue weighted by atomic mass is 16.5. The number of benzene rings is 1. The molecule has 1 aromatic rings. The number of aliphatic hydroxyl groups is 1. The third kappa shape index (κ3) is 3.58. The monoisotopic (exact) mass is 279 g/mol. The first-order valence-electron chi connectivity index (χ1n) is 7.17. The van der Waals surface area contributed by atoms with Gasteiger partial charge in [0.2, 0.25) is 0 Å². The lowest BCUT2D eigenvalue weighted by Gasteiger charge is -2.19. The highest BCUT2D eigenvalue weighted by molar-refractivity contribution is 5.27. The van der Waals surface area contributed by atoms with Gasteiger partial charge in [-0.1, -0.05) is 24.3 Å². The number of nitrogens with zero attached hydrogens (tertiary/aromatic N) is 1. The topological polar surface area (TPSA) is 41.9 Å². The van der Waals surface area contributed by atoms with Crippen LogP contribution in [-0.2, 0) is 9.47 Å². The number of aliphatic hydroxyl groups excluding tert-OH is 1. The lowest BCUT2D eigenvalue weighted by Crippen LogP contribution is -2.27. The van der Waals surface area contributed by atoms with Crippen LogP contribution < -0.4 is 0 Å². The lowest BCUT2D eigenvalue weighted by molar-refractivity contribution is -0.00461. The van der Waals surface area contributed by atoms with Crippen LogP contribution in [0.15, 0.2) is 24.3 Å². The summed E-state index contributed by atoms with van der Waals surface area (Å²) in [6, 6.07) is 8.01. The van der Waals surface area contributed by atoms with Crippen molar-refractivity contribution in [1.29, 1.82) is 0 Å². The minimum absolute atomic E-state index is 0.135. The van der Waals surface area contributed by atoms with Gasteiger partial charge in [0.25, 0.3) is 0 Å². The fraction of sp³-hybridized carbons (Fsp3) is 0.625. The molecule has 1 aliphatic heterocycles. The molecule has 3 unspecified atom stereocenters. The number of hydrogen-bond acceptors (Lipinski definition) is 4. The van der Waals surface area contributed by atoms with E-state index in [4.69, 9.17) is 9.47 Å². The Labute approximate surface area is 121 Å². The molecule has 0 amide bonds. The molecule has 2 rings (SSSR count). The van der Waals surface area contributed by atoms with Crippen LogP contribution in [0.25, 0.3) is 0 Å². The molecule has 1 heterocycles. The number of ether oxygens (including phenoxy) is 2. The average Bonchev–Trinajstić information content (AvgIpc) is 2.87. The molecule has 1 aliphatic rings. The Kier molecular flexibility index (Phi) is 5.54. The maximum absolute atomic E-state index is 10.3. The van der Waals surface area contributed by atoms with Gasteiger partial charge in [-0.05, 0) is 24.5 Å². The number of hydrogen-bond donors (Lipinski definition) is 1. The van der Waals surface area contributed by atoms with E-state index in [0.717, 1.165) is 37.2 Å². The van der Waals surface area contributed by atoms with E-state index in [1.807, 2.05) is 31.2 Å². The second kappa shape index (κ2) is 7.18. The van der Waals surface area contributed by atoms with E-state index in [9.17, 15) is 5.11 Å². The van der Waals surface area contributed by atoms with Crippen molar-refractivity contribution in [3.05, 3.63) is 35.4 Å². The van der Waals surface area contributed by atoms with Crippen LogP contribution in [0.1, 0.15) is 23.7 Å². The van der Waals surface area contributed by atoms with Gasteiger partial charge < -0.3 is 14.6 Å². The van der Waals surface area contributed by atoms with Crippen LogP contribution in [-0.4, -0.2) is 56.1 Å². The molecule has 0 aromatic heterocycles. The Hall–Kier alpha value is -0.940. The van der Waals surface area contributed by atoms with E-state index in [1.165, 1.54) is 0 Å². The molecular weight excluding hydrogens is 254 g/mol. The van der Waals surface area contributed by atoms with Crippen LogP contribution in [0.2, 0.25) is 0 Å². The van der Waals surface area contributed by atoms with Gasteiger partial charge in [-0.3, -0.25) is 4.90 Å². The summed E-state index contributed by atoms with van der Waals surface area (Å²) < 4.78 is 10.9. The summed E-state index contributed by atoms with van der Waals surface area (Å²) in [5.74, 6) is 0. The fourth-order valence-corrected chi connectivity index (χ4v) is 2.87. The third-order valence-corrected chi connectivity index (χ3v) is 4.16. The minimum Gasteiger partial charge on any atom is -0.388 e. The van der Waals surface area contributed by atoms with Crippen molar-refractivity contribution in [2.24, 2.45) is 0 Å². The van der Waals surface area contributed by atoms with Crippen LogP contribution in [0.4, 0.5) is 0 Å². The van der Waals surface area contributed by atoms with Gasteiger partial charge >= 0.3 is 0 Å². The Morgan fingerprint density at radius 2 is 1.80 bits per heavy atom. The van der Waals surface area contributed by atoms with Crippen LogP contribution in [0.5, 0.6) is 0 Å². The summed E-state index contributed by atoms with van der Waals surface area (Å²) in [6.45, 7) is 4.64. The molecule has 0 aliphatic carbocycles. The maximum atomic E-state index is 10.3. The first-order valence-corrected chi connectivity index (χ1v) is 7.17. The molecule has 0 spiro atoms. The van der Waals surface area contributed by atoms with Crippen molar-refractivity contribution in [1.82, 2.24) is 4.90 Å². The van der Waals surface area contributed by atoms with Gasteiger partial charge in [0.15, 0.2) is 0 Å². The summed E-state index contributed by atoms with van der Waals surface area (Å²) in [5.41, 5.74) is 2.17. The van der Waals surface area contributed by atoms with Crippen LogP contribution >= 0.6 is 0 Å². The second-order valence-electron chi connectivity index (χ2n) is 5.47. The molecule has 3 atom stereocenters. The van der Waals surface area contributed by atoms with Crippen molar-refractivity contribution in [2.75, 3.05) is 33.9 Å². The quantitative estimate of drug-likeness (QED) is 0.861. The first-order chi connectivity index (χ1) is 9.65. The summed E-state index contributed by atoms with van der Waals surface area (Å²) in [7, 11) is 3.45. The number of methoxy groups -OCH3 is 2. The van der Waals surface area contributed by atoms with E-state index < -0.39 is 6.10 Å². The van der Waals surface area contributed by atoms with Gasteiger partial charge in [0.1, 0.15) is 0 Å². The molecule has 4 nitrogen and oxygen atoms in total. The normalized spacial score (nSPS) is 25.0. The van der Waals surface area contributed by atoms with Crippen molar-refractivity contribution in [3.63, 3.8) is 0 Å². The molecule has 1 fully saturated rings. The van der Waals surface area contributed by atoms with Crippen molar-refractivity contribution in [2.45, 2.75) is 31.7 Å². The predicted octanol–water partition coefficient (Wildman–Crippen LogP) is 1.76. The highest BCUT2D eigenvalue weighted by Crippen LogP contribution is 2.22. The average molecular weight is 279 g/mol. The molecule has 112 valence electrons. The fourth-order valence-electron chi connectivity index (χ4n) is 2.87. The van der Waals surface area contributed by atoms with Crippen molar-refractivity contribution in [3.8, 4) is 0 Å². The molecule has 0 saturated carbocycles. The molecular formula is C16H25NO3. The Balaban J connectivity index is 1.85. The summed E-state index contributed by atoms with van der Waals surface area (Å²) >= 11 is 0. The Bertz CT molecular complexity index is 412. The van der Waals surface area contributed by atoms with Crippen molar-refractivity contribution >= 4 is 0 Å². The number of likely N-dealkylation sites (tertiary alicyclic amines) is 1. The smallest absolute Gasteiger partial charge is 0.0971 e. The maximum Gasteiger partial charge on any atom is 0.0971 e. The Morgan fingerprint density at radius 3 is 2.35 bits per heavy atom. The van der Waals surface area contributed by atoms with E-state index in [-0.39, 0.29) is 12.2 Å². The highest BCUT2D eigenvalue weighted by Gasteiger charge is 2.32. The SMILES string of the molecule is COC1CN(CCC(O)c2ccccc2C)CC1OC. The summed E-state index contributed by atoms with van der Waals surface area (Å²) in [6.07, 6.45) is 0.600. The molecule has 20 heavy (non-hydrogen) atoms. The number of rotatable bonds is 6. The zero-order valence-corrected chi connectivity index (χ0v) is 12.6. The van der Waals surface area contributed by atoms with E-state index in [1.54, 1.807) is 14.2 Å². The molecule has 1 saturated heterocycles. The van der Waals surface area contributed by atoms with Gasteiger partial charge in [-0.2, -0.15) is 0 Å². The van der Waals surface area contributed by atoms with E-state index in [2.05, 4.69) is 4.90 Å². The standard InChI is InChI=1S/C16H25NO3/c1-12-6-4-5-7-13(12)14(18)8-9-17-10-15(19-2)16(11-17)20-3/h4-7,14-16,18H,8-11H2,1-3H3. The number of aryl methyl sites for hydroxylation is 1. The zero-order chi connectivity index (χ0) is 14.5. The van der Waals surface area contributed by atoms with Gasteiger partial charge in [-0.25, -0.2) is 0 Å². The van der Waals surface area contributed by atoms with E-state index in [0.29, 0.717) is 0 Å². The first kappa shape index (κ1) is 15.4. The largest absolute Gasteiger partial charge is 0.388 e. The predicted molar refractivity (Wildman–Crippen MR) is 78.8 cm³/mol. The van der Waals surface area contributed by atoms with Crippen LogP contribution in [0, 0.1) is 6.92 Å². The molecule has 0 radical (unpaired) electrons.